The first-order valence-electron chi connectivity index (χ1n) is 12.6. The number of carbonyl (C=O) groups excluding carboxylic acids is 1. The highest BCUT2D eigenvalue weighted by molar-refractivity contribution is 5.86. The zero-order chi connectivity index (χ0) is 23.7. The second kappa shape index (κ2) is 24.7. The molecule has 0 aromatic rings. The van der Waals surface area contributed by atoms with Crippen molar-refractivity contribution in [2.45, 2.75) is 130 Å². The number of hydrogen-bond donors (Lipinski definition) is 1. The Labute approximate surface area is 192 Å². The molecular formula is C27H50O4. The molecule has 0 saturated carbocycles. The Kier molecular flexibility index (Phi) is 25.2. The second-order valence-electron chi connectivity index (χ2n) is 8.46. The highest BCUT2D eigenvalue weighted by Gasteiger charge is 2.02. The Morgan fingerprint density at radius 3 is 1.29 bits per heavy atom. The third-order valence-corrected chi connectivity index (χ3v) is 5.26. The van der Waals surface area contributed by atoms with Gasteiger partial charge in [0.1, 0.15) is 0 Å². The van der Waals surface area contributed by atoms with Crippen LogP contribution in [0, 0.1) is 0 Å². The molecule has 0 radical (unpaired) electrons. The fraction of sp³-hybridized carbons (Fsp3) is 0.778. The minimum atomic E-state index is -0.842. The summed E-state index contributed by atoms with van der Waals surface area (Å²) >= 11 is 0. The van der Waals surface area contributed by atoms with Gasteiger partial charge in [-0.2, -0.15) is 0 Å². The summed E-state index contributed by atoms with van der Waals surface area (Å²) < 4.78 is 4.56. The summed E-state index contributed by atoms with van der Waals surface area (Å²) in [6.07, 6.45) is 22.2. The van der Waals surface area contributed by atoms with Crippen molar-refractivity contribution in [2.24, 2.45) is 0 Å². The number of esters is 1. The molecule has 0 spiro atoms. The van der Waals surface area contributed by atoms with E-state index in [-0.39, 0.29) is 5.97 Å². The summed E-state index contributed by atoms with van der Waals surface area (Å²) in [5.41, 5.74) is 0.808. The van der Waals surface area contributed by atoms with Crippen molar-refractivity contribution in [3.05, 3.63) is 24.3 Å². The molecule has 0 bridgehead atoms. The largest absolute Gasteiger partial charge is 0.478 e. The lowest BCUT2D eigenvalue weighted by Crippen LogP contribution is -2.03. The molecule has 4 heteroatoms. The van der Waals surface area contributed by atoms with Crippen LogP contribution < -0.4 is 0 Å². The van der Waals surface area contributed by atoms with Gasteiger partial charge >= 0.3 is 11.9 Å². The average Bonchev–Trinajstić information content (AvgIpc) is 2.73. The van der Waals surface area contributed by atoms with Gasteiger partial charge in [-0.15, -0.1) is 0 Å². The van der Waals surface area contributed by atoms with E-state index in [0.29, 0.717) is 24.2 Å². The van der Waals surface area contributed by atoms with Gasteiger partial charge in [0.2, 0.25) is 0 Å². The maximum Gasteiger partial charge on any atom is 0.333 e. The highest BCUT2D eigenvalue weighted by Crippen LogP contribution is 2.14. The Morgan fingerprint density at radius 2 is 1.03 bits per heavy atom. The van der Waals surface area contributed by atoms with Gasteiger partial charge in [-0.3, -0.25) is 0 Å². The summed E-state index contributed by atoms with van der Waals surface area (Å²) in [6, 6.07) is 0. The first kappa shape index (κ1) is 31.6. The van der Waals surface area contributed by atoms with Crippen LogP contribution in [0.5, 0.6) is 0 Å². The third-order valence-electron chi connectivity index (χ3n) is 5.26. The fourth-order valence-electron chi connectivity index (χ4n) is 3.25. The molecule has 0 aliphatic heterocycles. The first-order valence-corrected chi connectivity index (χ1v) is 12.6. The van der Waals surface area contributed by atoms with E-state index in [1.807, 2.05) is 0 Å². The monoisotopic (exact) mass is 438 g/mol. The van der Waals surface area contributed by atoms with Crippen molar-refractivity contribution in [1.82, 2.24) is 0 Å². The SMILES string of the molecule is C=C(C)C(=O)OCC.C=C(CCCCCCCCCCCCCCCCCC)C(=O)O. The van der Waals surface area contributed by atoms with Crippen LogP contribution in [0.3, 0.4) is 0 Å². The zero-order valence-corrected chi connectivity index (χ0v) is 20.8. The highest BCUT2D eigenvalue weighted by atomic mass is 16.5. The molecule has 0 rings (SSSR count). The van der Waals surface area contributed by atoms with Gasteiger partial charge in [-0.1, -0.05) is 116 Å². The van der Waals surface area contributed by atoms with Crippen LogP contribution >= 0.6 is 0 Å². The van der Waals surface area contributed by atoms with Gasteiger partial charge in [-0.05, 0) is 26.7 Å². The molecule has 1 N–H and O–H groups in total. The maximum atomic E-state index is 10.6. The minimum absolute atomic E-state index is 0.312. The standard InChI is InChI=1S/C21H40O2.C6H10O2/c1-3-4-5-6-7-8-9-10-11-12-13-14-15-16-17-18-19-20(2)21(22)23;1-4-8-6(7)5(2)3/h2-19H2,1H3,(H,22,23);2,4H2,1,3H3. The molecule has 0 fully saturated rings. The number of carboxylic acid groups (broad SMARTS) is 1. The molecule has 4 nitrogen and oxygen atoms in total. The van der Waals surface area contributed by atoms with Crippen LogP contribution in [0.15, 0.2) is 24.3 Å². The Bertz CT molecular complexity index is 468. The van der Waals surface area contributed by atoms with Crippen molar-refractivity contribution >= 4 is 11.9 Å². The molecule has 0 saturated heterocycles. The number of carbonyl (C=O) groups is 2. The number of unbranched alkanes of at least 4 members (excludes halogenated alkanes) is 15. The van der Waals surface area contributed by atoms with E-state index in [1.165, 1.54) is 89.9 Å². The number of rotatable bonds is 20. The van der Waals surface area contributed by atoms with Crippen molar-refractivity contribution in [1.29, 1.82) is 0 Å². The second-order valence-corrected chi connectivity index (χ2v) is 8.46. The van der Waals surface area contributed by atoms with E-state index in [1.54, 1.807) is 13.8 Å². The number of carboxylic acids is 1. The zero-order valence-electron chi connectivity index (χ0n) is 20.8. The third kappa shape index (κ3) is 26.4. The van der Waals surface area contributed by atoms with Crippen LogP contribution in [0.2, 0.25) is 0 Å². The Hall–Kier alpha value is -1.58. The van der Waals surface area contributed by atoms with Crippen LogP contribution in [0.1, 0.15) is 130 Å². The van der Waals surface area contributed by atoms with E-state index >= 15 is 0 Å². The molecule has 0 aliphatic rings. The summed E-state index contributed by atoms with van der Waals surface area (Å²) in [6.45, 7) is 13.0. The van der Waals surface area contributed by atoms with Gasteiger partial charge in [0, 0.05) is 11.1 Å². The molecule has 0 atom stereocenters. The van der Waals surface area contributed by atoms with Crippen LogP contribution in [-0.4, -0.2) is 23.7 Å². The van der Waals surface area contributed by atoms with Gasteiger partial charge in [0.25, 0.3) is 0 Å². The first-order chi connectivity index (χ1) is 14.9. The van der Waals surface area contributed by atoms with E-state index in [0.717, 1.165) is 12.8 Å². The van der Waals surface area contributed by atoms with Crippen molar-refractivity contribution < 1.29 is 19.4 Å². The lowest BCUT2D eigenvalue weighted by Gasteiger charge is -2.04. The quantitative estimate of drug-likeness (QED) is 0.118. The number of ether oxygens (including phenoxy) is 1. The predicted octanol–water partition coefficient (Wildman–Crippen LogP) is 8.40. The van der Waals surface area contributed by atoms with E-state index in [4.69, 9.17) is 5.11 Å². The average molecular weight is 439 g/mol. The van der Waals surface area contributed by atoms with Crippen LogP contribution in [-0.2, 0) is 14.3 Å². The molecular weight excluding hydrogens is 388 g/mol. The molecule has 0 heterocycles. The lowest BCUT2D eigenvalue weighted by molar-refractivity contribution is -0.138. The summed E-state index contributed by atoms with van der Waals surface area (Å²) in [5.74, 6) is -1.15. The molecule has 182 valence electrons. The van der Waals surface area contributed by atoms with Crippen molar-refractivity contribution in [3.8, 4) is 0 Å². The van der Waals surface area contributed by atoms with Crippen molar-refractivity contribution in [3.63, 3.8) is 0 Å². The summed E-state index contributed by atoms with van der Waals surface area (Å²) in [4.78, 5) is 21.0. The Morgan fingerprint density at radius 1 is 0.677 bits per heavy atom. The van der Waals surface area contributed by atoms with Crippen LogP contribution in [0.4, 0.5) is 0 Å². The summed E-state index contributed by atoms with van der Waals surface area (Å²) in [7, 11) is 0. The molecule has 0 unspecified atom stereocenters. The molecule has 31 heavy (non-hydrogen) atoms. The van der Waals surface area contributed by atoms with E-state index in [2.05, 4.69) is 24.8 Å². The van der Waals surface area contributed by atoms with Gasteiger partial charge in [0.05, 0.1) is 6.61 Å². The Balaban J connectivity index is 0. The number of aliphatic carboxylic acids is 1. The van der Waals surface area contributed by atoms with Gasteiger partial charge in [-0.25, -0.2) is 9.59 Å². The molecule has 0 aromatic heterocycles. The normalized spacial score (nSPS) is 10.2. The minimum Gasteiger partial charge on any atom is -0.478 e. The molecule has 0 aliphatic carbocycles. The van der Waals surface area contributed by atoms with Crippen molar-refractivity contribution in [2.75, 3.05) is 6.61 Å². The smallest absolute Gasteiger partial charge is 0.333 e. The van der Waals surface area contributed by atoms with E-state index < -0.39 is 5.97 Å². The maximum absolute atomic E-state index is 10.6. The molecule has 0 aromatic carbocycles. The number of hydrogen-bond acceptors (Lipinski definition) is 3. The van der Waals surface area contributed by atoms with Gasteiger partial charge in [0.15, 0.2) is 0 Å². The summed E-state index contributed by atoms with van der Waals surface area (Å²) in [5, 5.41) is 8.71. The van der Waals surface area contributed by atoms with Crippen LogP contribution in [0.25, 0.3) is 0 Å². The fourth-order valence-corrected chi connectivity index (χ4v) is 3.25. The topological polar surface area (TPSA) is 63.6 Å². The van der Waals surface area contributed by atoms with Gasteiger partial charge < -0.3 is 9.84 Å². The van der Waals surface area contributed by atoms with E-state index in [9.17, 15) is 9.59 Å². The molecule has 0 amide bonds. The lowest BCUT2D eigenvalue weighted by atomic mass is 10.0. The predicted molar refractivity (Wildman–Crippen MR) is 132 cm³/mol.